The van der Waals surface area contributed by atoms with Crippen LogP contribution in [0.1, 0.15) is 25.3 Å². The monoisotopic (exact) mass is 281 g/mol. The maximum Gasteiger partial charge on any atom is 0.164 e. The van der Waals surface area contributed by atoms with Crippen molar-refractivity contribution in [3.8, 4) is 23.8 Å². The van der Waals surface area contributed by atoms with Crippen molar-refractivity contribution in [3.05, 3.63) is 22.7 Å². The topological polar surface area (TPSA) is 44.5 Å². The summed E-state index contributed by atoms with van der Waals surface area (Å²) in [5, 5.41) is 0.611. The highest BCUT2D eigenvalue weighted by molar-refractivity contribution is 6.30. The number of nitrogens with two attached hydrogens (primary N) is 1. The lowest BCUT2D eigenvalue weighted by molar-refractivity contribution is 0.297. The molecular formula is C15H20ClNO2. The Kier molecular flexibility index (Phi) is 6.55. The Morgan fingerprint density at radius 2 is 2.21 bits per heavy atom. The number of ether oxygens (including phenoxy) is 2. The highest BCUT2D eigenvalue weighted by Crippen LogP contribution is 2.35. The zero-order valence-corrected chi connectivity index (χ0v) is 12.2. The van der Waals surface area contributed by atoms with Crippen LogP contribution in [-0.2, 0) is 6.42 Å². The highest BCUT2D eigenvalue weighted by Gasteiger charge is 2.15. The van der Waals surface area contributed by atoms with Gasteiger partial charge in [-0.05, 0) is 18.9 Å². The molecule has 0 aromatic heterocycles. The molecule has 0 radical (unpaired) electrons. The molecule has 1 rings (SSSR count). The van der Waals surface area contributed by atoms with E-state index in [2.05, 4.69) is 5.92 Å². The molecule has 3 nitrogen and oxygen atoms in total. The van der Waals surface area contributed by atoms with Crippen molar-refractivity contribution in [3.63, 3.8) is 0 Å². The molecule has 0 saturated carbocycles. The number of terminal acetylenes is 1. The first-order chi connectivity index (χ1) is 9.12. The van der Waals surface area contributed by atoms with Crippen molar-refractivity contribution < 1.29 is 9.47 Å². The first kappa shape index (κ1) is 15.7. The van der Waals surface area contributed by atoms with E-state index < -0.39 is 0 Å². The van der Waals surface area contributed by atoms with Crippen LogP contribution in [0, 0.1) is 12.3 Å². The van der Waals surface area contributed by atoms with Crippen LogP contribution < -0.4 is 15.2 Å². The van der Waals surface area contributed by atoms with Gasteiger partial charge in [-0.25, -0.2) is 0 Å². The Hall–Kier alpha value is -1.37. The maximum absolute atomic E-state index is 6.08. The van der Waals surface area contributed by atoms with Crippen molar-refractivity contribution in [2.24, 2.45) is 5.73 Å². The van der Waals surface area contributed by atoms with Gasteiger partial charge in [0.15, 0.2) is 11.5 Å². The summed E-state index contributed by atoms with van der Waals surface area (Å²) in [7, 11) is 1.59. The van der Waals surface area contributed by atoms with Crippen LogP contribution in [0.2, 0.25) is 5.02 Å². The molecule has 0 bridgehead atoms. The third-order valence-corrected chi connectivity index (χ3v) is 3.03. The zero-order chi connectivity index (χ0) is 14.3. The van der Waals surface area contributed by atoms with E-state index in [-0.39, 0.29) is 6.04 Å². The molecule has 0 saturated heterocycles. The van der Waals surface area contributed by atoms with Crippen molar-refractivity contribution in [2.45, 2.75) is 32.2 Å². The van der Waals surface area contributed by atoms with Gasteiger partial charge >= 0.3 is 0 Å². The molecule has 1 atom stereocenters. The second-order valence-electron chi connectivity index (χ2n) is 4.27. The number of halogens is 1. The van der Waals surface area contributed by atoms with Gasteiger partial charge in [-0.15, -0.1) is 12.3 Å². The minimum absolute atomic E-state index is 0.0677. The Morgan fingerprint density at radius 3 is 2.79 bits per heavy atom. The van der Waals surface area contributed by atoms with Crippen molar-refractivity contribution in [2.75, 3.05) is 13.7 Å². The first-order valence-electron chi connectivity index (χ1n) is 6.30. The molecule has 104 valence electrons. The van der Waals surface area contributed by atoms with E-state index in [1.54, 1.807) is 13.2 Å². The number of rotatable bonds is 7. The molecule has 0 aliphatic heterocycles. The summed E-state index contributed by atoms with van der Waals surface area (Å²) in [5.41, 5.74) is 6.95. The SMILES string of the molecule is C#CCCOc1c(CC(N)CC)cc(Cl)cc1OC. The molecule has 2 N–H and O–H groups in total. The normalized spacial score (nSPS) is 11.7. The summed E-state index contributed by atoms with van der Waals surface area (Å²) in [6.07, 6.45) is 7.35. The van der Waals surface area contributed by atoms with Crippen LogP contribution >= 0.6 is 11.6 Å². The Morgan fingerprint density at radius 1 is 1.47 bits per heavy atom. The third kappa shape index (κ3) is 4.66. The van der Waals surface area contributed by atoms with E-state index >= 15 is 0 Å². The molecule has 0 heterocycles. The number of benzene rings is 1. The lowest BCUT2D eigenvalue weighted by Crippen LogP contribution is -2.22. The summed E-state index contributed by atoms with van der Waals surface area (Å²) in [6, 6.07) is 3.66. The van der Waals surface area contributed by atoms with E-state index in [4.69, 9.17) is 33.2 Å². The largest absolute Gasteiger partial charge is 0.493 e. The van der Waals surface area contributed by atoms with Crippen LogP contribution in [0.25, 0.3) is 0 Å². The van der Waals surface area contributed by atoms with Gasteiger partial charge in [-0.3, -0.25) is 0 Å². The lowest BCUT2D eigenvalue weighted by atomic mass is 10.0. The molecule has 1 unspecified atom stereocenters. The summed E-state index contributed by atoms with van der Waals surface area (Å²) < 4.78 is 11.0. The fourth-order valence-electron chi connectivity index (χ4n) is 1.73. The second kappa shape index (κ2) is 7.93. The zero-order valence-electron chi connectivity index (χ0n) is 11.4. The Labute approximate surface area is 120 Å². The van der Waals surface area contributed by atoms with E-state index in [0.29, 0.717) is 36.0 Å². The average molecular weight is 282 g/mol. The molecular weight excluding hydrogens is 262 g/mol. The highest BCUT2D eigenvalue weighted by atomic mass is 35.5. The summed E-state index contributed by atoms with van der Waals surface area (Å²) >= 11 is 6.08. The van der Waals surface area contributed by atoms with Gasteiger partial charge in [0.25, 0.3) is 0 Å². The second-order valence-corrected chi connectivity index (χ2v) is 4.71. The summed E-state index contributed by atoms with van der Waals surface area (Å²) in [4.78, 5) is 0. The lowest BCUT2D eigenvalue weighted by Gasteiger charge is -2.17. The maximum atomic E-state index is 6.08. The quantitative estimate of drug-likeness (QED) is 0.617. The molecule has 1 aromatic rings. The Balaban J connectivity index is 3.03. The molecule has 0 aliphatic carbocycles. The summed E-state index contributed by atoms with van der Waals surface area (Å²) in [6.45, 7) is 2.49. The van der Waals surface area contributed by atoms with Crippen LogP contribution in [-0.4, -0.2) is 19.8 Å². The third-order valence-electron chi connectivity index (χ3n) is 2.82. The van der Waals surface area contributed by atoms with Crippen LogP contribution in [0.15, 0.2) is 12.1 Å². The minimum atomic E-state index is 0.0677. The van der Waals surface area contributed by atoms with Crippen molar-refractivity contribution in [1.29, 1.82) is 0 Å². The van der Waals surface area contributed by atoms with Crippen LogP contribution in [0.4, 0.5) is 0 Å². The smallest absolute Gasteiger partial charge is 0.164 e. The Bertz CT molecular complexity index is 454. The van der Waals surface area contributed by atoms with Gasteiger partial charge in [0.2, 0.25) is 0 Å². The predicted octanol–water partition coefficient (Wildman–Crippen LogP) is 3.03. The molecule has 0 amide bonds. The van der Waals surface area contributed by atoms with E-state index in [1.807, 2.05) is 13.0 Å². The first-order valence-corrected chi connectivity index (χ1v) is 6.68. The van der Waals surface area contributed by atoms with E-state index in [9.17, 15) is 0 Å². The predicted molar refractivity (Wildman–Crippen MR) is 78.9 cm³/mol. The van der Waals surface area contributed by atoms with Crippen LogP contribution in [0.3, 0.4) is 0 Å². The van der Waals surface area contributed by atoms with Gasteiger partial charge in [0.1, 0.15) is 0 Å². The molecule has 0 fully saturated rings. The average Bonchev–Trinajstić information content (AvgIpc) is 2.40. The van der Waals surface area contributed by atoms with Gasteiger partial charge in [-0.2, -0.15) is 0 Å². The molecule has 1 aromatic carbocycles. The fourth-order valence-corrected chi connectivity index (χ4v) is 1.96. The molecule has 0 aliphatic rings. The fraction of sp³-hybridized carbons (Fsp3) is 0.467. The van der Waals surface area contributed by atoms with E-state index in [0.717, 1.165) is 12.0 Å². The van der Waals surface area contributed by atoms with Gasteiger partial charge in [-0.1, -0.05) is 18.5 Å². The van der Waals surface area contributed by atoms with E-state index in [1.165, 1.54) is 0 Å². The number of methoxy groups -OCH3 is 1. The van der Waals surface area contributed by atoms with Crippen molar-refractivity contribution >= 4 is 11.6 Å². The number of hydrogen-bond acceptors (Lipinski definition) is 3. The molecule has 19 heavy (non-hydrogen) atoms. The minimum Gasteiger partial charge on any atom is -0.493 e. The number of hydrogen-bond donors (Lipinski definition) is 1. The van der Waals surface area contributed by atoms with Gasteiger partial charge < -0.3 is 15.2 Å². The van der Waals surface area contributed by atoms with Gasteiger partial charge in [0, 0.05) is 29.1 Å². The molecule has 4 heteroatoms. The standard InChI is InChI=1S/C15H20ClNO2/c1-4-6-7-19-15-11(9-13(17)5-2)8-12(16)10-14(15)18-3/h1,8,10,13H,5-7,9,17H2,2-3H3. The van der Waals surface area contributed by atoms with Crippen LogP contribution in [0.5, 0.6) is 11.5 Å². The molecule has 0 spiro atoms. The summed E-state index contributed by atoms with van der Waals surface area (Å²) in [5.74, 6) is 3.84. The van der Waals surface area contributed by atoms with Crippen molar-refractivity contribution in [1.82, 2.24) is 0 Å². The van der Waals surface area contributed by atoms with Gasteiger partial charge in [0.05, 0.1) is 13.7 Å².